The fraction of sp³-hybridized carbons (Fsp3) is 0.0870. The number of aromatic amines is 1. The van der Waals surface area contributed by atoms with Crippen molar-refractivity contribution >= 4 is 22.8 Å². The van der Waals surface area contributed by atoms with Gasteiger partial charge in [-0.3, -0.25) is 9.59 Å². The second kappa shape index (κ2) is 8.39. The highest BCUT2D eigenvalue weighted by molar-refractivity contribution is 5.97. The van der Waals surface area contributed by atoms with Crippen LogP contribution in [0.3, 0.4) is 0 Å². The van der Waals surface area contributed by atoms with Gasteiger partial charge in [-0.2, -0.15) is 0 Å². The largest absolute Gasteiger partial charge is 0.350 e. The maximum absolute atomic E-state index is 12.3. The van der Waals surface area contributed by atoms with E-state index in [2.05, 4.69) is 20.6 Å². The van der Waals surface area contributed by atoms with E-state index in [-0.39, 0.29) is 11.8 Å². The molecule has 0 unspecified atom stereocenters. The Kier molecular flexibility index (Phi) is 5.33. The van der Waals surface area contributed by atoms with Crippen LogP contribution >= 0.6 is 0 Å². The third kappa shape index (κ3) is 4.32. The lowest BCUT2D eigenvalue weighted by Crippen LogP contribution is -2.34. The van der Waals surface area contributed by atoms with Gasteiger partial charge in [-0.1, -0.05) is 42.5 Å². The van der Waals surface area contributed by atoms with Gasteiger partial charge >= 0.3 is 0 Å². The average Bonchev–Trinajstić information content (AvgIpc) is 3.25. The number of benzene rings is 3. The Morgan fingerprint density at radius 3 is 2.10 bits per heavy atom. The van der Waals surface area contributed by atoms with Crippen LogP contribution in [0.1, 0.15) is 20.7 Å². The van der Waals surface area contributed by atoms with Crippen molar-refractivity contribution in [2.75, 3.05) is 13.1 Å². The van der Waals surface area contributed by atoms with Crippen LogP contribution in [0.25, 0.3) is 22.2 Å². The summed E-state index contributed by atoms with van der Waals surface area (Å²) in [5.74, 6) is -0.360. The van der Waals surface area contributed by atoms with Crippen molar-refractivity contribution in [3.63, 3.8) is 0 Å². The molecule has 2 amide bonds. The molecule has 0 aliphatic rings. The molecule has 1 heterocycles. The normalized spacial score (nSPS) is 10.6. The molecule has 3 aromatic carbocycles. The summed E-state index contributed by atoms with van der Waals surface area (Å²) < 4.78 is 0. The van der Waals surface area contributed by atoms with Gasteiger partial charge in [0.15, 0.2) is 0 Å². The zero-order valence-electron chi connectivity index (χ0n) is 15.7. The van der Waals surface area contributed by atoms with E-state index in [0.717, 1.165) is 22.2 Å². The predicted octanol–water partition coefficient (Wildman–Crippen LogP) is 3.39. The molecule has 3 N–H and O–H groups in total. The molecule has 0 saturated carbocycles. The predicted molar refractivity (Wildman–Crippen MR) is 113 cm³/mol. The molecule has 0 fully saturated rings. The number of carbonyl (C=O) groups excluding carboxylic acids is 2. The Bertz CT molecular complexity index is 1130. The van der Waals surface area contributed by atoms with E-state index in [4.69, 9.17) is 0 Å². The molecule has 6 heteroatoms. The van der Waals surface area contributed by atoms with E-state index in [1.165, 1.54) is 0 Å². The molecule has 6 nitrogen and oxygen atoms in total. The van der Waals surface area contributed by atoms with Crippen LogP contribution in [0.2, 0.25) is 0 Å². The zero-order chi connectivity index (χ0) is 20.1. The number of amides is 2. The lowest BCUT2D eigenvalue weighted by atomic mass is 10.0. The number of H-pyrrole nitrogens is 1. The summed E-state index contributed by atoms with van der Waals surface area (Å²) in [6.07, 6.45) is 1.59. The van der Waals surface area contributed by atoms with Crippen molar-refractivity contribution in [2.45, 2.75) is 0 Å². The lowest BCUT2D eigenvalue weighted by Gasteiger charge is -2.08. The average molecular weight is 384 g/mol. The fourth-order valence-corrected chi connectivity index (χ4v) is 3.08. The first-order chi connectivity index (χ1) is 14.2. The van der Waals surface area contributed by atoms with Crippen LogP contribution in [-0.2, 0) is 0 Å². The molecule has 0 aliphatic carbocycles. The van der Waals surface area contributed by atoms with E-state index >= 15 is 0 Å². The second-order valence-electron chi connectivity index (χ2n) is 6.59. The monoisotopic (exact) mass is 384 g/mol. The standard InChI is InChI=1S/C23H20N4O2/c28-22(18-8-6-17(7-9-18)16-4-2-1-3-5-16)24-12-13-25-23(29)19-10-11-20-21(14-19)27-15-26-20/h1-11,14-15H,12-13H2,(H,24,28)(H,25,29)(H,26,27). The minimum Gasteiger partial charge on any atom is -0.350 e. The Morgan fingerprint density at radius 1 is 0.759 bits per heavy atom. The molecule has 0 bridgehead atoms. The first kappa shape index (κ1) is 18.4. The molecule has 0 saturated heterocycles. The van der Waals surface area contributed by atoms with Crippen LogP contribution in [0.15, 0.2) is 79.1 Å². The van der Waals surface area contributed by atoms with Crippen molar-refractivity contribution in [1.29, 1.82) is 0 Å². The first-order valence-corrected chi connectivity index (χ1v) is 9.36. The van der Waals surface area contributed by atoms with E-state index in [9.17, 15) is 9.59 Å². The summed E-state index contributed by atoms with van der Waals surface area (Å²) in [5.41, 5.74) is 4.92. The summed E-state index contributed by atoms with van der Waals surface area (Å²) in [6, 6.07) is 22.7. The summed E-state index contributed by atoms with van der Waals surface area (Å²) in [4.78, 5) is 31.6. The number of nitrogens with one attached hydrogen (secondary N) is 3. The first-order valence-electron chi connectivity index (χ1n) is 9.36. The van der Waals surface area contributed by atoms with Crippen molar-refractivity contribution in [2.24, 2.45) is 0 Å². The summed E-state index contributed by atoms with van der Waals surface area (Å²) in [7, 11) is 0. The van der Waals surface area contributed by atoms with Crippen molar-refractivity contribution in [3.8, 4) is 11.1 Å². The third-order valence-corrected chi connectivity index (χ3v) is 4.63. The lowest BCUT2D eigenvalue weighted by molar-refractivity contribution is 0.0928. The minimum atomic E-state index is -0.192. The van der Waals surface area contributed by atoms with Gasteiger partial charge in [-0.05, 0) is 41.5 Å². The van der Waals surface area contributed by atoms with Gasteiger partial charge in [-0.15, -0.1) is 0 Å². The van der Waals surface area contributed by atoms with Gasteiger partial charge in [0.1, 0.15) is 0 Å². The van der Waals surface area contributed by atoms with Gasteiger partial charge in [0, 0.05) is 24.2 Å². The van der Waals surface area contributed by atoms with Crippen LogP contribution in [0.4, 0.5) is 0 Å². The number of fused-ring (bicyclic) bond motifs is 1. The highest BCUT2D eigenvalue weighted by atomic mass is 16.2. The van der Waals surface area contributed by atoms with Crippen molar-refractivity contribution in [3.05, 3.63) is 90.3 Å². The molecule has 4 aromatic rings. The Labute approximate surface area is 168 Å². The molecular formula is C23H20N4O2. The number of hydrogen-bond acceptors (Lipinski definition) is 3. The van der Waals surface area contributed by atoms with Crippen molar-refractivity contribution in [1.82, 2.24) is 20.6 Å². The Hall–Kier alpha value is -3.93. The molecule has 0 spiro atoms. The summed E-state index contributed by atoms with van der Waals surface area (Å²) in [5, 5.41) is 5.63. The highest BCUT2D eigenvalue weighted by Crippen LogP contribution is 2.19. The molecule has 29 heavy (non-hydrogen) atoms. The van der Waals surface area contributed by atoms with Gasteiger partial charge in [0.25, 0.3) is 11.8 Å². The molecule has 0 aliphatic heterocycles. The fourth-order valence-electron chi connectivity index (χ4n) is 3.08. The number of nitrogens with zero attached hydrogens (tertiary/aromatic N) is 1. The topological polar surface area (TPSA) is 86.9 Å². The van der Waals surface area contributed by atoms with E-state index in [1.807, 2.05) is 42.5 Å². The van der Waals surface area contributed by atoms with E-state index in [1.54, 1.807) is 36.7 Å². The SMILES string of the molecule is O=C(NCCNC(=O)c1ccc2nc[nH]c2c1)c1ccc(-c2ccccc2)cc1. The van der Waals surface area contributed by atoms with Gasteiger partial charge in [0.05, 0.1) is 17.4 Å². The van der Waals surface area contributed by atoms with Gasteiger partial charge < -0.3 is 15.6 Å². The zero-order valence-corrected chi connectivity index (χ0v) is 15.7. The van der Waals surface area contributed by atoms with Crippen LogP contribution in [0.5, 0.6) is 0 Å². The Balaban J connectivity index is 1.27. The highest BCUT2D eigenvalue weighted by Gasteiger charge is 2.08. The molecule has 4 rings (SSSR count). The van der Waals surface area contributed by atoms with Gasteiger partial charge in [-0.25, -0.2) is 4.98 Å². The van der Waals surface area contributed by atoms with Crippen LogP contribution < -0.4 is 10.6 Å². The number of imidazole rings is 1. The van der Waals surface area contributed by atoms with Crippen molar-refractivity contribution < 1.29 is 9.59 Å². The van der Waals surface area contributed by atoms with Crippen LogP contribution in [0, 0.1) is 0 Å². The quantitative estimate of drug-likeness (QED) is 0.445. The second-order valence-corrected chi connectivity index (χ2v) is 6.59. The number of hydrogen-bond donors (Lipinski definition) is 3. The van der Waals surface area contributed by atoms with Crippen LogP contribution in [-0.4, -0.2) is 34.9 Å². The third-order valence-electron chi connectivity index (χ3n) is 4.63. The maximum Gasteiger partial charge on any atom is 0.251 e. The Morgan fingerprint density at radius 2 is 1.38 bits per heavy atom. The van der Waals surface area contributed by atoms with E-state index < -0.39 is 0 Å². The van der Waals surface area contributed by atoms with E-state index in [0.29, 0.717) is 24.2 Å². The molecule has 0 atom stereocenters. The maximum atomic E-state index is 12.3. The molecule has 0 radical (unpaired) electrons. The number of aromatic nitrogens is 2. The summed E-state index contributed by atoms with van der Waals surface area (Å²) >= 11 is 0. The number of rotatable bonds is 6. The smallest absolute Gasteiger partial charge is 0.251 e. The minimum absolute atomic E-state index is 0.169. The molecule has 144 valence electrons. The van der Waals surface area contributed by atoms with Gasteiger partial charge in [0.2, 0.25) is 0 Å². The number of carbonyl (C=O) groups is 2. The summed E-state index contributed by atoms with van der Waals surface area (Å²) in [6.45, 7) is 0.686. The molecular weight excluding hydrogens is 364 g/mol. The molecule has 1 aromatic heterocycles.